The number of carbonyl (C=O) groups excluding carboxylic acids is 3. The summed E-state index contributed by atoms with van der Waals surface area (Å²) in [6.07, 6.45) is 0.943. The van der Waals surface area contributed by atoms with E-state index in [1.807, 2.05) is 0 Å². The van der Waals surface area contributed by atoms with Crippen LogP contribution < -0.4 is 10.2 Å². The molecule has 1 saturated carbocycles. The number of anilines is 1. The van der Waals surface area contributed by atoms with Crippen molar-refractivity contribution in [1.29, 1.82) is 0 Å². The van der Waals surface area contributed by atoms with Crippen molar-refractivity contribution >= 4 is 44.9 Å². The number of nitrogens with zero attached hydrogens (tertiary/aromatic N) is 1. The van der Waals surface area contributed by atoms with E-state index in [0.29, 0.717) is 10.6 Å². The Bertz CT molecular complexity index is 1350. The van der Waals surface area contributed by atoms with Gasteiger partial charge in [-0.2, -0.15) is 0 Å². The topological polar surface area (TPSA) is 110 Å². The molecule has 0 aromatic heterocycles. The number of nitrogens with one attached hydrogen (secondary N) is 1. The lowest BCUT2D eigenvalue weighted by atomic mass is 10.0. The predicted molar refractivity (Wildman–Crippen MR) is 136 cm³/mol. The van der Waals surface area contributed by atoms with Gasteiger partial charge in [0.2, 0.25) is 0 Å². The van der Waals surface area contributed by atoms with E-state index in [4.69, 9.17) is 16.3 Å². The Balaban J connectivity index is 1.79. The van der Waals surface area contributed by atoms with Crippen molar-refractivity contribution < 1.29 is 31.9 Å². The van der Waals surface area contributed by atoms with Crippen LogP contribution in [0.5, 0.6) is 0 Å². The highest BCUT2D eigenvalue weighted by Crippen LogP contribution is 2.37. The molecule has 2 amide bonds. The molecule has 0 bridgehead atoms. The standard InChI is InChI=1S/C26H28ClFN2O6S/c1-26(2,3)36-25(33)29-20-14-37(34,35)23-12-19(28)18(22(31)10-15-4-5-15)11-21(23)30(24(20)32)13-16-6-8-17(27)9-7-16/h6-9,11-12,15,20H,4-5,10,13-14H2,1-3H3,(H,29,33)/t20-/m0/s1. The fraction of sp³-hybridized carbons (Fsp3) is 0.423. The number of benzene rings is 2. The van der Waals surface area contributed by atoms with Crippen LogP contribution in [0.1, 0.15) is 56.0 Å². The maximum absolute atomic E-state index is 15.1. The molecule has 1 fully saturated rings. The molecule has 1 aliphatic heterocycles. The first kappa shape index (κ1) is 27.1. The van der Waals surface area contributed by atoms with Crippen LogP contribution in [0.2, 0.25) is 5.02 Å². The molecule has 37 heavy (non-hydrogen) atoms. The molecule has 1 N–H and O–H groups in total. The minimum absolute atomic E-state index is 0.104. The number of hydrogen-bond acceptors (Lipinski definition) is 6. The minimum Gasteiger partial charge on any atom is -0.444 e. The van der Waals surface area contributed by atoms with E-state index in [2.05, 4.69) is 5.32 Å². The second kappa shape index (κ2) is 10.1. The van der Waals surface area contributed by atoms with Crippen molar-refractivity contribution in [2.24, 2.45) is 5.92 Å². The number of amides is 2. The SMILES string of the molecule is CC(C)(C)OC(=O)N[C@H]1CS(=O)(=O)c2cc(F)c(C(=O)CC3CC3)cc2N(Cc2ccc(Cl)cc2)C1=O. The van der Waals surface area contributed by atoms with Crippen LogP contribution in [-0.2, 0) is 25.9 Å². The van der Waals surface area contributed by atoms with Gasteiger partial charge in [-0.3, -0.25) is 9.59 Å². The second-order valence-corrected chi connectivity index (χ2v) is 12.8. The first-order chi connectivity index (χ1) is 17.2. The molecule has 4 rings (SSSR count). The molecule has 2 aliphatic rings. The van der Waals surface area contributed by atoms with Gasteiger partial charge >= 0.3 is 6.09 Å². The van der Waals surface area contributed by atoms with Gasteiger partial charge in [0.15, 0.2) is 15.6 Å². The summed E-state index contributed by atoms with van der Waals surface area (Å²) in [7, 11) is -4.26. The molecular weight excluding hydrogens is 523 g/mol. The number of carbonyl (C=O) groups is 3. The summed E-state index contributed by atoms with van der Waals surface area (Å²) in [4.78, 5) is 39.7. The summed E-state index contributed by atoms with van der Waals surface area (Å²) in [5.74, 6) is -2.78. The Morgan fingerprint density at radius 3 is 2.41 bits per heavy atom. The summed E-state index contributed by atoms with van der Waals surface area (Å²) >= 11 is 5.98. The summed E-state index contributed by atoms with van der Waals surface area (Å²) < 4.78 is 47.0. The summed E-state index contributed by atoms with van der Waals surface area (Å²) in [6.45, 7) is 4.78. The molecule has 2 aromatic carbocycles. The first-order valence-corrected chi connectivity index (χ1v) is 13.9. The van der Waals surface area contributed by atoms with Crippen LogP contribution in [-0.4, -0.2) is 43.6 Å². The molecule has 198 valence electrons. The maximum atomic E-state index is 15.1. The van der Waals surface area contributed by atoms with Gasteiger partial charge in [-0.1, -0.05) is 23.7 Å². The Labute approximate surface area is 220 Å². The lowest BCUT2D eigenvalue weighted by molar-refractivity contribution is -0.120. The van der Waals surface area contributed by atoms with Crippen LogP contribution in [0.3, 0.4) is 0 Å². The van der Waals surface area contributed by atoms with Gasteiger partial charge < -0.3 is 15.0 Å². The van der Waals surface area contributed by atoms with E-state index in [-0.39, 0.29) is 30.1 Å². The molecule has 0 radical (unpaired) electrons. The van der Waals surface area contributed by atoms with Gasteiger partial charge in [0, 0.05) is 11.4 Å². The number of fused-ring (bicyclic) bond motifs is 1. The number of sulfone groups is 1. The minimum atomic E-state index is -4.26. The molecule has 8 nitrogen and oxygen atoms in total. The van der Waals surface area contributed by atoms with Gasteiger partial charge in [0.1, 0.15) is 17.5 Å². The van der Waals surface area contributed by atoms with Crippen LogP contribution >= 0.6 is 11.6 Å². The zero-order valence-corrected chi connectivity index (χ0v) is 22.3. The van der Waals surface area contributed by atoms with E-state index in [1.54, 1.807) is 45.0 Å². The van der Waals surface area contributed by atoms with E-state index in [0.717, 1.165) is 29.9 Å². The van der Waals surface area contributed by atoms with E-state index in [1.165, 1.54) is 0 Å². The van der Waals surface area contributed by atoms with Crippen LogP contribution in [0.4, 0.5) is 14.9 Å². The van der Waals surface area contributed by atoms with Gasteiger partial charge in [0.05, 0.1) is 28.4 Å². The van der Waals surface area contributed by atoms with E-state index < -0.39 is 55.7 Å². The van der Waals surface area contributed by atoms with Crippen molar-refractivity contribution in [2.45, 2.75) is 63.1 Å². The zero-order chi connectivity index (χ0) is 27.1. The fourth-order valence-corrected chi connectivity index (χ4v) is 5.83. The molecule has 1 heterocycles. The quantitative estimate of drug-likeness (QED) is 0.523. The second-order valence-electron chi connectivity index (χ2n) is 10.4. The third kappa shape index (κ3) is 6.48. The first-order valence-electron chi connectivity index (χ1n) is 11.9. The van der Waals surface area contributed by atoms with Gasteiger partial charge in [-0.15, -0.1) is 0 Å². The maximum Gasteiger partial charge on any atom is 0.408 e. The van der Waals surface area contributed by atoms with Crippen molar-refractivity contribution in [3.63, 3.8) is 0 Å². The summed E-state index contributed by atoms with van der Waals surface area (Å²) in [5.41, 5.74) is -0.667. The number of halogens is 2. The Morgan fingerprint density at radius 1 is 1.16 bits per heavy atom. The van der Waals surface area contributed by atoms with Crippen molar-refractivity contribution in [3.8, 4) is 0 Å². The van der Waals surface area contributed by atoms with Gasteiger partial charge in [-0.25, -0.2) is 17.6 Å². The number of ketones is 1. The normalized spacial score (nSPS) is 19.1. The Morgan fingerprint density at radius 2 is 1.81 bits per heavy atom. The molecule has 11 heteroatoms. The van der Waals surface area contributed by atoms with Gasteiger partial charge in [-0.05, 0) is 69.4 Å². The highest BCUT2D eigenvalue weighted by molar-refractivity contribution is 7.91. The van der Waals surface area contributed by atoms with E-state index in [9.17, 15) is 22.8 Å². The number of hydrogen-bond donors (Lipinski definition) is 1. The van der Waals surface area contributed by atoms with Crippen molar-refractivity contribution in [3.05, 3.63) is 58.4 Å². The van der Waals surface area contributed by atoms with Crippen molar-refractivity contribution in [1.82, 2.24) is 5.32 Å². The molecule has 0 saturated heterocycles. The predicted octanol–water partition coefficient (Wildman–Crippen LogP) is 4.68. The highest BCUT2D eigenvalue weighted by Gasteiger charge is 2.40. The third-order valence-electron chi connectivity index (χ3n) is 6.04. The molecule has 1 atom stereocenters. The van der Waals surface area contributed by atoms with Gasteiger partial charge in [0.25, 0.3) is 5.91 Å². The number of ether oxygens (including phenoxy) is 1. The molecule has 2 aromatic rings. The smallest absolute Gasteiger partial charge is 0.408 e. The zero-order valence-electron chi connectivity index (χ0n) is 20.7. The Hall–Kier alpha value is -2.98. The number of alkyl carbamates (subject to hydrolysis) is 1. The summed E-state index contributed by atoms with van der Waals surface area (Å²) in [5, 5.41) is 2.82. The van der Waals surface area contributed by atoms with E-state index >= 15 is 4.39 Å². The molecule has 0 spiro atoms. The van der Waals surface area contributed by atoms with Crippen molar-refractivity contribution in [2.75, 3.05) is 10.7 Å². The lowest BCUT2D eigenvalue weighted by Gasteiger charge is -2.27. The monoisotopic (exact) mass is 550 g/mol. The third-order valence-corrected chi connectivity index (χ3v) is 8.06. The summed E-state index contributed by atoms with van der Waals surface area (Å²) in [6, 6.07) is 6.97. The Kier molecular flexibility index (Phi) is 7.36. The van der Waals surface area contributed by atoms with Crippen LogP contribution in [0, 0.1) is 11.7 Å². The lowest BCUT2D eigenvalue weighted by Crippen LogP contribution is -2.51. The number of Topliss-reactive ketones (excluding diaryl/α,β-unsaturated/α-hetero) is 1. The molecule has 0 unspecified atom stereocenters. The highest BCUT2D eigenvalue weighted by atomic mass is 35.5. The fourth-order valence-electron chi connectivity index (χ4n) is 4.09. The molecule has 1 aliphatic carbocycles. The number of rotatable bonds is 6. The average Bonchev–Trinajstić information content (AvgIpc) is 3.60. The van der Waals surface area contributed by atoms with Crippen LogP contribution in [0.25, 0.3) is 0 Å². The largest absolute Gasteiger partial charge is 0.444 e. The van der Waals surface area contributed by atoms with Crippen LogP contribution in [0.15, 0.2) is 41.3 Å². The average molecular weight is 551 g/mol. The molecular formula is C26H28ClFN2O6S.